The van der Waals surface area contributed by atoms with Gasteiger partial charge in [-0.3, -0.25) is 9.69 Å². The minimum atomic E-state index is -0.521. The zero-order valence-corrected chi connectivity index (χ0v) is 31.5. The highest BCUT2D eigenvalue weighted by molar-refractivity contribution is 5.75. The minimum Gasteiger partial charge on any atom is -0.400 e. The van der Waals surface area contributed by atoms with Crippen molar-refractivity contribution in [3.05, 3.63) is 106 Å². The molecule has 3 aromatic rings. The molecule has 0 heterocycles. The molecule has 0 saturated heterocycles. The summed E-state index contributed by atoms with van der Waals surface area (Å²) in [6, 6.07) is 18.0. The number of benzene rings is 3. The fourth-order valence-electron chi connectivity index (χ4n) is 3.89. The summed E-state index contributed by atoms with van der Waals surface area (Å²) in [5, 5.41) is 22.4. The summed E-state index contributed by atoms with van der Waals surface area (Å²) in [5.74, 6) is -1.04. The number of aldehydes is 1. The maximum absolute atomic E-state index is 12.2. The van der Waals surface area contributed by atoms with E-state index in [1.807, 2.05) is 79.6 Å². The van der Waals surface area contributed by atoms with E-state index >= 15 is 0 Å². The third kappa shape index (κ3) is 30.1. The van der Waals surface area contributed by atoms with Crippen LogP contribution in [0.2, 0.25) is 0 Å². The molecule has 3 rings (SSSR count). The number of aliphatic hydroxyl groups is 2. The monoisotopic (exact) mass is 664 g/mol. The predicted octanol–water partition coefficient (Wildman–Crippen LogP) is 8.14. The van der Waals surface area contributed by atoms with Crippen LogP contribution < -0.4 is 10.6 Å². The fourth-order valence-corrected chi connectivity index (χ4v) is 3.89. The lowest BCUT2D eigenvalue weighted by Gasteiger charge is -2.15. The molecule has 47 heavy (non-hydrogen) atoms. The SMILES string of the molecule is CC.CC.CC.CCc1cccc(CNCCCNC)c1.CO.Cc1cc(C=O)cc(CN(C)CCO)c1.Cc1cc(F)cc(F)c1. The van der Waals surface area contributed by atoms with E-state index in [0.29, 0.717) is 17.7 Å². The van der Waals surface area contributed by atoms with Crippen molar-refractivity contribution in [2.24, 2.45) is 0 Å². The van der Waals surface area contributed by atoms with Crippen LogP contribution in [0.4, 0.5) is 8.78 Å². The van der Waals surface area contributed by atoms with E-state index in [-0.39, 0.29) is 6.61 Å². The van der Waals surface area contributed by atoms with Gasteiger partial charge in [0.1, 0.15) is 17.9 Å². The molecule has 0 amide bonds. The number of nitrogens with one attached hydrogen (secondary N) is 2. The summed E-state index contributed by atoms with van der Waals surface area (Å²) < 4.78 is 24.4. The van der Waals surface area contributed by atoms with Crippen molar-refractivity contribution in [2.75, 3.05) is 47.4 Å². The number of nitrogens with zero attached hydrogens (tertiary/aromatic N) is 1. The van der Waals surface area contributed by atoms with Gasteiger partial charge in [-0.1, -0.05) is 84.4 Å². The van der Waals surface area contributed by atoms with Crippen molar-refractivity contribution >= 4 is 6.29 Å². The second-order valence-electron chi connectivity index (χ2n) is 9.59. The van der Waals surface area contributed by atoms with Crippen LogP contribution in [-0.4, -0.2) is 68.8 Å². The molecule has 270 valence electrons. The molecule has 8 heteroatoms. The largest absolute Gasteiger partial charge is 0.400 e. The van der Waals surface area contributed by atoms with E-state index in [2.05, 4.69) is 47.9 Å². The number of hydrogen-bond donors (Lipinski definition) is 4. The van der Waals surface area contributed by atoms with Gasteiger partial charge >= 0.3 is 0 Å². The predicted molar refractivity (Wildman–Crippen MR) is 199 cm³/mol. The van der Waals surface area contributed by atoms with Crippen LogP contribution in [0.3, 0.4) is 0 Å². The van der Waals surface area contributed by atoms with Gasteiger partial charge in [-0.25, -0.2) is 8.78 Å². The zero-order valence-electron chi connectivity index (χ0n) is 31.5. The van der Waals surface area contributed by atoms with Gasteiger partial charge in [-0.15, -0.1) is 0 Å². The molecule has 0 saturated carbocycles. The van der Waals surface area contributed by atoms with Crippen molar-refractivity contribution in [2.45, 2.75) is 88.2 Å². The third-order valence-electron chi connectivity index (χ3n) is 5.75. The van der Waals surface area contributed by atoms with Crippen molar-refractivity contribution in [1.29, 1.82) is 0 Å². The average Bonchev–Trinajstić information content (AvgIpc) is 3.08. The molecule has 4 N–H and O–H groups in total. The highest BCUT2D eigenvalue weighted by Crippen LogP contribution is 2.10. The Labute approximate surface area is 286 Å². The first-order valence-corrected chi connectivity index (χ1v) is 16.9. The molecule has 3 aromatic carbocycles. The standard InChI is InChI=1S/C13H22N2.C12H17NO2.C7H6F2.3C2H6.CH4O/c1-3-12-6-4-7-13(10-12)11-15-9-5-8-14-2;1-10-5-11(7-12(6-10)9-15)8-13(2)3-4-14;1-5-2-6(8)4-7(9)3-5;4*1-2/h4,6-7,10,14-15H,3,5,8-9,11H2,1-2H3;5-7,9,14H,3-4,8H2,1-2H3;2-4H,1H3;3*1-2H3;2H,1H3. The summed E-state index contributed by atoms with van der Waals surface area (Å²) in [5.41, 5.74) is 6.32. The molecule has 0 unspecified atom stereocenters. The Morgan fingerprint density at radius 1 is 0.787 bits per heavy atom. The van der Waals surface area contributed by atoms with Crippen LogP contribution in [0, 0.1) is 25.5 Å². The Bertz CT molecular complexity index is 1060. The van der Waals surface area contributed by atoms with Crippen LogP contribution in [-0.2, 0) is 19.5 Å². The van der Waals surface area contributed by atoms with E-state index in [0.717, 1.165) is 63.2 Å². The number of carbonyl (C=O) groups is 1. The molecule has 0 aliphatic heterocycles. The van der Waals surface area contributed by atoms with Gasteiger partial charge in [0, 0.05) is 38.4 Å². The number of aryl methyl sites for hydroxylation is 3. The average molecular weight is 664 g/mol. The molecular formula is C39H67F2N3O3. The number of halogens is 2. The maximum atomic E-state index is 12.2. The first-order chi connectivity index (χ1) is 22.7. The molecule has 0 bridgehead atoms. The molecule has 0 fully saturated rings. The van der Waals surface area contributed by atoms with Crippen molar-refractivity contribution in [3.8, 4) is 0 Å². The highest BCUT2D eigenvalue weighted by Gasteiger charge is 2.02. The second-order valence-corrected chi connectivity index (χ2v) is 9.59. The zero-order chi connectivity index (χ0) is 37.0. The number of rotatable bonds is 12. The molecule has 0 atom stereocenters. The third-order valence-corrected chi connectivity index (χ3v) is 5.75. The van der Waals surface area contributed by atoms with Gasteiger partial charge in [0.05, 0.1) is 6.61 Å². The van der Waals surface area contributed by atoms with Gasteiger partial charge in [0.25, 0.3) is 0 Å². The first-order valence-electron chi connectivity index (χ1n) is 16.9. The summed E-state index contributed by atoms with van der Waals surface area (Å²) >= 11 is 0. The lowest BCUT2D eigenvalue weighted by Crippen LogP contribution is -2.21. The van der Waals surface area contributed by atoms with Gasteiger partial charge in [-0.2, -0.15) is 0 Å². The van der Waals surface area contributed by atoms with E-state index in [4.69, 9.17) is 10.2 Å². The molecule has 0 aliphatic rings. The van der Waals surface area contributed by atoms with Crippen LogP contribution in [0.15, 0.2) is 60.7 Å². The van der Waals surface area contributed by atoms with E-state index in [9.17, 15) is 13.6 Å². The highest BCUT2D eigenvalue weighted by atomic mass is 19.1. The van der Waals surface area contributed by atoms with Crippen LogP contribution in [0.25, 0.3) is 0 Å². The molecule has 6 nitrogen and oxygen atoms in total. The van der Waals surface area contributed by atoms with Crippen molar-refractivity contribution in [1.82, 2.24) is 15.5 Å². The number of likely N-dealkylation sites (N-methyl/N-ethyl adjacent to an activating group) is 1. The number of hydrogen-bond acceptors (Lipinski definition) is 6. The molecule has 0 radical (unpaired) electrons. The molecule has 0 aliphatic carbocycles. The topological polar surface area (TPSA) is 84.8 Å². The Morgan fingerprint density at radius 2 is 1.34 bits per heavy atom. The van der Waals surface area contributed by atoms with Crippen LogP contribution in [0.5, 0.6) is 0 Å². The van der Waals surface area contributed by atoms with Crippen molar-refractivity contribution in [3.63, 3.8) is 0 Å². The maximum Gasteiger partial charge on any atom is 0.150 e. The van der Waals surface area contributed by atoms with Gasteiger partial charge in [0.15, 0.2) is 0 Å². The Kier molecular flexibility index (Phi) is 40.5. The van der Waals surface area contributed by atoms with Gasteiger partial charge in [-0.05, 0) is 100 Å². The van der Waals surface area contributed by atoms with Crippen LogP contribution >= 0.6 is 0 Å². The Morgan fingerprint density at radius 3 is 1.83 bits per heavy atom. The first kappa shape index (κ1) is 50.8. The minimum absolute atomic E-state index is 0.156. The lowest BCUT2D eigenvalue weighted by molar-refractivity contribution is 0.112. The lowest BCUT2D eigenvalue weighted by atomic mass is 10.1. The van der Waals surface area contributed by atoms with E-state index in [1.165, 1.54) is 29.7 Å². The fraction of sp³-hybridized carbons (Fsp3) is 0.513. The van der Waals surface area contributed by atoms with Crippen molar-refractivity contribution < 1.29 is 23.8 Å². The molecular weight excluding hydrogens is 596 g/mol. The van der Waals surface area contributed by atoms with Gasteiger partial charge in [0.2, 0.25) is 0 Å². The normalized spacial score (nSPS) is 9.13. The smallest absolute Gasteiger partial charge is 0.150 e. The Balaban J connectivity index is -0.000000272. The summed E-state index contributed by atoms with van der Waals surface area (Å²) in [4.78, 5) is 12.7. The molecule has 0 spiro atoms. The van der Waals surface area contributed by atoms with Gasteiger partial charge < -0.3 is 20.8 Å². The Hall–Kier alpha value is -3.01. The van der Waals surface area contributed by atoms with E-state index < -0.39 is 11.6 Å². The second kappa shape index (κ2) is 37.4. The quantitative estimate of drug-likeness (QED) is 0.116. The van der Waals surface area contributed by atoms with Crippen LogP contribution in [0.1, 0.15) is 93.1 Å². The summed E-state index contributed by atoms with van der Waals surface area (Å²) in [6.45, 7) is 22.5. The molecule has 0 aromatic heterocycles. The number of aliphatic hydroxyl groups excluding tert-OH is 2. The summed E-state index contributed by atoms with van der Waals surface area (Å²) in [7, 11) is 4.93. The van der Waals surface area contributed by atoms with E-state index in [1.54, 1.807) is 6.92 Å². The summed E-state index contributed by atoms with van der Waals surface area (Å²) in [6.07, 6.45) is 3.17. The number of carbonyl (C=O) groups excluding carboxylic acids is 1.